The van der Waals surface area contributed by atoms with Gasteiger partial charge >= 0.3 is 17.8 Å². The number of alkyl halides is 3. The number of carbonyl (C=O) groups is 1. The lowest BCUT2D eigenvalue weighted by Crippen LogP contribution is -2.40. The molecule has 0 aliphatic heterocycles. The van der Waals surface area contributed by atoms with Crippen molar-refractivity contribution in [2.24, 2.45) is 7.05 Å². The summed E-state index contributed by atoms with van der Waals surface area (Å²) in [6.07, 6.45) is -4.83. The second kappa shape index (κ2) is 6.34. The molecule has 2 aromatic rings. The lowest BCUT2D eigenvalue weighted by Gasteiger charge is -2.14. The smallest absolute Gasteiger partial charge is 0.431 e. The number of nitrogens with zero attached hydrogens (tertiary/aromatic N) is 2. The first-order chi connectivity index (χ1) is 11.2. The molecule has 0 N–H and O–H groups in total. The van der Waals surface area contributed by atoms with Gasteiger partial charge in [-0.25, -0.2) is 14.2 Å². The normalized spacial score (nSPS) is 11.4. The highest BCUT2D eigenvalue weighted by molar-refractivity contribution is 5.90. The maximum Gasteiger partial charge on any atom is 0.431 e. The Balaban J connectivity index is 2.65. The minimum absolute atomic E-state index is 0.0279. The van der Waals surface area contributed by atoms with Crippen LogP contribution in [0.15, 0.2) is 39.9 Å². The zero-order valence-corrected chi connectivity index (χ0v) is 12.8. The highest BCUT2D eigenvalue weighted by Crippen LogP contribution is 2.26. The van der Waals surface area contributed by atoms with Crippen molar-refractivity contribution in [2.45, 2.75) is 13.1 Å². The Bertz CT molecular complexity index is 897. The van der Waals surface area contributed by atoms with E-state index in [1.807, 2.05) is 0 Å². The molecule has 1 heterocycles. The van der Waals surface area contributed by atoms with Gasteiger partial charge in [0.1, 0.15) is 5.69 Å². The number of ether oxygens (including phenoxy) is 1. The lowest BCUT2D eigenvalue weighted by atomic mass is 10.2. The predicted molar refractivity (Wildman–Crippen MR) is 78.2 cm³/mol. The summed E-state index contributed by atoms with van der Waals surface area (Å²) in [6.45, 7) is 1.74. The molecule has 0 fully saturated rings. The van der Waals surface area contributed by atoms with Gasteiger partial charge in [0.05, 0.1) is 17.9 Å². The summed E-state index contributed by atoms with van der Waals surface area (Å²) in [5, 5.41) is 0. The van der Waals surface area contributed by atoms with Gasteiger partial charge in [-0.05, 0) is 25.1 Å². The summed E-state index contributed by atoms with van der Waals surface area (Å²) in [4.78, 5) is 35.9. The van der Waals surface area contributed by atoms with Gasteiger partial charge in [0, 0.05) is 13.1 Å². The molecule has 0 saturated carbocycles. The van der Waals surface area contributed by atoms with Gasteiger partial charge in [0.15, 0.2) is 0 Å². The van der Waals surface area contributed by atoms with E-state index in [2.05, 4.69) is 0 Å². The van der Waals surface area contributed by atoms with Crippen molar-refractivity contribution in [3.63, 3.8) is 0 Å². The van der Waals surface area contributed by atoms with Crippen LogP contribution >= 0.6 is 0 Å². The number of carbonyl (C=O) groups excluding carboxylic acids is 1. The average Bonchev–Trinajstić information content (AvgIpc) is 2.50. The average molecular weight is 342 g/mol. The van der Waals surface area contributed by atoms with Crippen molar-refractivity contribution in [1.29, 1.82) is 0 Å². The number of hydrogen-bond acceptors (Lipinski definition) is 4. The first-order valence-electron chi connectivity index (χ1n) is 6.84. The third kappa shape index (κ3) is 3.24. The molecule has 128 valence electrons. The van der Waals surface area contributed by atoms with E-state index in [1.165, 1.54) is 24.3 Å². The zero-order chi connectivity index (χ0) is 18.1. The van der Waals surface area contributed by atoms with Crippen LogP contribution in [0, 0.1) is 0 Å². The van der Waals surface area contributed by atoms with Gasteiger partial charge in [0.2, 0.25) is 0 Å². The molecule has 0 spiro atoms. The first kappa shape index (κ1) is 17.5. The van der Waals surface area contributed by atoms with E-state index in [4.69, 9.17) is 4.74 Å². The fourth-order valence-corrected chi connectivity index (χ4v) is 2.12. The third-order valence-corrected chi connectivity index (χ3v) is 3.23. The Morgan fingerprint density at radius 2 is 1.88 bits per heavy atom. The molecular formula is C15H13F3N2O4. The largest absolute Gasteiger partial charge is 0.462 e. The molecule has 24 heavy (non-hydrogen) atoms. The fourth-order valence-electron chi connectivity index (χ4n) is 2.12. The van der Waals surface area contributed by atoms with Crippen molar-refractivity contribution in [3.05, 3.63) is 62.4 Å². The molecule has 0 aliphatic rings. The zero-order valence-electron chi connectivity index (χ0n) is 12.8. The number of benzene rings is 1. The van der Waals surface area contributed by atoms with E-state index in [0.29, 0.717) is 15.2 Å². The van der Waals surface area contributed by atoms with Crippen LogP contribution in [0.25, 0.3) is 5.69 Å². The van der Waals surface area contributed by atoms with Crippen LogP contribution in [0.2, 0.25) is 0 Å². The molecule has 0 saturated heterocycles. The van der Waals surface area contributed by atoms with Crippen LogP contribution in [0.5, 0.6) is 0 Å². The summed E-state index contributed by atoms with van der Waals surface area (Å²) >= 11 is 0. The molecule has 2 rings (SSSR count). The molecule has 6 nitrogen and oxygen atoms in total. The number of halogens is 3. The van der Waals surface area contributed by atoms with Crippen LogP contribution in [-0.4, -0.2) is 21.7 Å². The Morgan fingerprint density at radius 1 is 1.21 bits per heavy atom. The van der Waals surface area contributed by atoms with Gasteiger partial charge in [-0.3, -0.25) is 9.36 Å². The second-order valence-electron chi connectivity index (χ2n) is 4.81. The topological polar surface area (TPSA) is 70.3 Å². The highest BCUT2D eigenvalue weighted by Gasteiger charge is 2.35. The Kier molecular flexibility index (Phi) is 4.63. The van der Waals surface area contributed by atoms with Gasteiger partial charge in [-0.1, -0.05) is 6.07 Å². The Labute approximate surface area is 133 Å². The standard InChI is InChI=1S/C15H13F3N2O4/c1-3-24-13(22)9-5-4-6-10(7-9)20-12(21)8-11(15(16,17)18)19(2)14(20)23/h4-8H,3H2,1-2H3. The molecule has 0 aliphatic carbocycles. The molecule has 0 radical (unpaired) electrons. The molecule has 1 aromatic carbocycles. The fraction of sp³-hybridized carbons (Fsp3) is 0.267. The SMILES string of the molecule is CCOC(=O)c1cccc(-n2c(=O)cc(C(F)(F)F)n(C)c2=O)c1. The van der Waals surface area contributed by atoms with Crippen LogP contribution in [0.3, 0.4) is 0 Å². The van der Waals surface area contributed by atoms with Gasteiger partial charge in [0.25, 0.3) is 5.56 Å². The van der Waals surface area contributed by atoms with E-state index >= 15 is 0 Å². The van der Waals surface area contributed by atoms with Crippen molar-refractivity contribution in [2.75, 3.05) is 6.61 Å². The summed E-state index contributed by atoms with van der Waals surface area (Å²) in [5.41, 5.74) is -3.62. The molecule has 1 aromatic heterocycles. The number of aromatic nitrogens is 2. The van der Waals surface area contributed by atoms with Gasteiger partial charge < -0.3 is 4.74 Å². The molecule has 0 unspecified atom stereocenters. The summed E-state index contributed by atoms with van der Waals surface area (Å²) < 4.78 is 44.2. The summed E-state index contributed by atoms with van der Waals surface area (Å²) in [7, 11) is 0.913. The quantitative estimate of drug-likeness (QED) is 0.797. The summed E-state index contributed by atoms with van der Waals surface area (Å²) in [6, 6.07) is 5.66. The monoisotopic (exact) mass is 342 g/mol. The maximum atomic E-state index is 12.8. The number of rotatable bonds is 3. The van der Waals surface area contributed by atoms with Gasteiger partial charge in [-0.15, -0.1) is 0 Å². The Hall–Kier alpha value is -2.84. The van der Waals surface area contributed by atoms with Crippen LogP contribution < -0.4 is 11.2 Å². The van der Waals surface area contributed by atoms with Crippen molar-refractivity contribution in [3.8, 4) is 5.69 Å². The van der Waals surface area contributed by atoms with Gasteiger partial charge in [-0.2, -0.15) is 13.2 Å². The van der Waals surface area contributed by atoms with Crippen molar-refractivity contribution >= 4 is 5.97 Å². The van der Waals surface area contributed by atoms with Crippen LogP contribution in [0.1, 0.15) is 23.0 Å². The van der Waals surface area contributed by atoms with E-state index in [-0.39, 0.29) is 17.9 Å². The molecular weight excluding hydrogens is 329 g/mol. The predicted octanol–water partition coefficient (Wildman–Crippen LogP) is 1.73. The summed E-state index contributed by atoms with van der Waals surface area (Å²) in [5.74, 6) is -0.670. The van der Waals surface area contributed by atoms with Crippen molar-refractivity contribution in [1.82, 2.24) is 9.13 Å². The van der Waals surface area contributed by atoms with E-state index in [1.54, 1.807) is 6.92 Å². The molecule has 0 bridgehead atoms. The second-order valence-corrected chi connectivity index (χ2v) is 4.81. The molecule has 0 amide bonds. The van der Waals surface area contributed by atoms with Crippen molar-refractivity contribution < 1.29 is 22.7 Å². The minimum Gasteiger partial charge on any atom is -0.462 e. The minimum atomic E-state index is -4.83. The van der Waals surface area contributed by atoms with Crippen LogP contribution in [-0.2, 0) is 18.0 Å². The molecule has 9 heteroatoms. The van der Waals surface area contributed by atoms with E-state index in [9.17, 15) is 27.6 Å². The lowest BCUT2D eigenvalue weighted by molar-refractivity contribution is -0.144. The highest BCUT2D eigenvalue weighted by atomic mass is 19.4. The number of esters is 1. The van der Waals surface area contributed by atoms with E-state index < -0.39 is 29.1 Å². The first-order valence-corrected chi connectivity index (χ1v) is 6.84. The molecule has 0 atom stereocenters. The third-order valence-electron chi connectivity index (χ3n) is 3.23. The maximum absolute atomic E-state index is 12.8. The Morgan fingerprint density at radius 3 is 2.46 bits per heavy atom. The van der Waals surface area contributed by atoms with E-state index in [0.717, 1.165) is 7.05 Å². The van der Waals surface area contributed by atoms with Crippen LogP contribution in [0.4, 0.5) is 13.2 Å². The number of hydrogen-bond donors (Lipinski definition) is 0.